The van der Waals surface area contributed by atoms with Crippen LogP contribution in [-0.2, 0) is 26.2 Å². The van der Waals surface area contributed by atoms with Crippen molar-refractivity contribution in [2.24, 2.45) is 0 Å². The van der Waals surface area contributed by atoms with Crippen molar-refractivity contribution in [3.05, 3.63) is 48.0 Å². The molecular weight excluding hydrogens is 352 g/mol. The monoisotopic (exact) mass is 382 g/mol. The molecule has 0 N–H and O–H groups in total. The number of nitrogens with zero attached hydrogens (tertiary/aromatic N) is 2. The molecule has 0 bridgehead atoms. The van der Waals surface area contributed by atoms with E-state index in [0.717, 1.165) is 25.9 Å². The van der Waals surface area contributed by atoms with Crippen molar-refractivity contribution >= 4 is 11.8 Å². The molecule has 2 heterocycles. The highest BCUT2D eigenvalue weighted by Gasteiger charge is 2.40. The third-order valence-electron chi connectivity index (χ3n) is 6.79. The van der Waals surface area contributed by atoms with Crippen LogP contribution in [0.25, 0.3) is 0 Å². The molecule has 1 atom stereocenters. The van der Waals surface area contributed by atoms with Gasteiger partial charge in [-0.3, -0.25) is 9.59 Å². The summed E-state index contributed by atoms with van der Waals surface area (Å²) >= 11 is 0. The number of amides is 2. The summed E-state index contributed by atoms with van der Waals surface area (Å²) in [4.78, 5) is 28.4. The van der Waals surface area contributed by atoms with Crippen LogP contribution in [0.2, 0.25) is 0 Å². The second kappa shape index (κ2) is 8.08. The highest BCUT2D eigenvalue weighted by Crippen LogP contribution is 2.44. The van der Waals surface area contributed by atoms with Gasteiger partial charge in [0.15, 0.2) is 0 Å². The number of aryl methyl sites for hydroxylation is 1. The summed E-state index contributed by atoms with van der Waals surface area (Å²) in [6.07, 6.45) is 7.21. The molecule has 1 aliphatic carbocycles. The van der Waals surface area contributed by atoms with Gasteiger partial charge in [0.25, 0.3) is 0 Å². The number of hydrogen-bond acceptors (Lipinski definition) is 3. The minimum absolute atomic E-state index is 0.0865. The SMILES string of the molecule is C=CC(=O)N1CCO[C@@H](CC(=O)N2CCC3(CCCc4ccccc43)CC2)C1. The fourth-order valence-electron chi connectivity index (χ4n) is 5.21. The Morgan fingerprint density at radius 3 is 2.71 bits per heavy atom. The standard InChI is InChI=1S/C23H30N2O3/c1-2-21(26)25-14-15-28-19(17-25)16-22(27)24-12-10-23(11-13-24)9-5-7-18-6-3-4-8-20(18)23/h2-4,6,8,19H,1,5,7,9-17H2/t19-/m0/s1. The van der Waals surface area contributed by atoms with Crippen molar-refractivity contribution in [3.63, 3.8) is 0 Å². The third kappa shape index (κ3) is 3.72. The molecule has 0 saturated carbocycles. The van der Waals surface area contributed by atoms with Crippen molar-refractivity contribution < 1.29 is 14.3 Å². The molecule has 5 heteroatoms. The number of hydrogen-bond donors (Lipinski definition) is 0. The molecule has 2 aliphatic heterocycles. The third-order valence-corrected chi connectivity index (χ3v) is 6.79. The van der Waals surface area contributed by atoms with E-state index < -0.39 is 0 Å². The van der Waals surface area contributed by atoms with Gasteiger partial charge in [0.2, 0.25) is 11.8 Å². The predicted octanol–water partition coefficient (Wildman–Crippen LogP) is 2.69. The Bertz CT molecular complexity index is 752. The number of benzene rings is 1. The Balaban J connectivity index is 1.35. The van der Waals surface area contributed by atoms with Crippen LogP contribution in [0.1, 0.15) is 43.2 Å². The van der Waals surface area contributed by atoms with Gasteiger partial charge in [-0.05, 0) is 54.7 Å². The lowest BCUT2D eigenvalue weighted by atomic mass is 9.65. The van der Waals surface area contributed by atoms with Gasteiger partial charge in [0.1, 0.15) is 0 Å². The first-order valence-electron chi connectivity index (χ1n) is 10.5. The molecule has 1 spiro atoms. The summed E-state index contributed by atoms with van der Waals surface area (Å²) in [6.45, 7) is 6.70. The molecule has 0 aromatic heterocycles. The summed E-state index contributed by atoms with van der Waals surface area (Å²) in [5, 5.41) is 0. The molecule has 1 aromatic carbocycles. The number of ether oxygens (including phenoxy) is 1. The lowest BCUT2D eigenvalue weighted by Crippen LogP contribution is -2.49. The molecule has 4 rings (SSSR count). The number of rotatable bonds is 3. The van der Waals surface area contributed by atoms with E-state index in [1.807, 2.05) is 4.90 Å². The number of carbonyl (C=O) groups excluding carboxylic acids is 2. The van der Waals surface area contributed by atoms with Gasteiger partial charge < -0.3 is 14.5 Å². The maximum absolute atomic E-state index is 12.9. The van der Waals surface area contributed by atoms with E-state index in [4.69, 9.17) is 4.74 Å². The largest absolute Gasteiger partial charge is 0.374 e. The zero-order valence-electron chi connectivity index (χ0n) is 16.6. The zero-order chi connectivity index (χ0) is 19.6. The number of morpholine rings is 1. The van der Waals surface area contributed by atoms with Gasteiger partial charge in [-0.25, -0.2) is 0 Å². The molecule has 3 aliphatic rings. The highest BCUT2D eigenvalue weighted by atomic mass is 16.5. The normalized spacial score (nSPS) is 23.9. The summed E-state index contributed by atoms with van der Waals surface area (Å²) in [5.74, 6) is 0.0634. The molecule has 2 amide bonds. The van der Waals surface area contributed by atoms with E-state index >= 15 is 0 Å². The Morgan fingerprint density at radius 1 is 1.14 bits per heavy atom. The van der Waals surface area contributed by atoms with Crippen LogP contribution >= 0.6 is 0 Å². The lowest BCUT2D eigenvalue weighted by molar-refractivity contribution is -0.142. The summed E-state index contributed by atoms with van der Waals surface area (Å²) < 4.78 is 5.74. The minimum atomic E-state index is -0.212. The van der Waals surface area contributed by atoms with Gasteiger partial charge >= 0.3 is 0 Å². The molecule has 0 unspecified atom stereocenters. The highest BCUT2D eigenvalue weighted by molar-refractivity contribution is 5.87. The van der Waals surface area contributed by atoms with Crippen molar-refractivity contribution in [2.75, 3.05) is 32.8 Å². The first-order chi connectivity index (χ1) is 13.6. The smallest absolute Gasteiger partial charge is 0.246 e. The Labute approximate surface area is 167 Å². The van der Waals surface area contributed by atoms with Gasteiger partial charge in [0, 0.05) is 26.2 Å². The molecule has 5 nitrogen and oxygen atoms in total. The predicted molar refractivity (Wildman–Crippen MR) is 108 cm³/mol. The fourth-order valence-corrected chi connectivity index (χ4v) is 5.21. The fraction of sp³-hybridized carbons (Fsp3) is 0.565. The van der Waals surface area contributed by atoms with E-state index in [9.17, 15) is 9.59 Å². The number of piperidine rings is 1. The molecule has 1 aromatic rings. The van der Waals surface area contributed by atoms with E-state index in [1.165, 1.54) is 36.5 Å². The van der Waals surface area contributed by atoms with Crippen molar-refractivity contribution in [3.8, 4) is 0 Å². The van der Waals surface area contributed by atoms with E-state index in [2.05, 4.69) is 30.8 Å². The lowest BCUT2D eigenvalue weighted by Gasteiger charge is -2.45. The van der Waals surface area contributed by atoms with Gasteiger partial charge in [-0.2, -0.15) is 0 Å². The summed E-state index contributed by atoms with van der Waals surface area (Å²) in [6, 6.07) is 8.86. The molecule has 28 heavy (non-hydrogen) atoms. The van der Waals surface area contributed by atoms with Gasteiger partial charge in [-0.1, -0.05) is 30.8 Å². The first-order valence-corrected chi connectivity index (χ1v) is 10.5. The summed E-state index contributed by atoms with van der Waals surface area (Å²) in [5.41, 5.74) is 3.26. The maximum Gasteiger partial charge on any atom is 0.246 e. The quantitative estimate of drug-likeness (QED) is 0.756. The Hall–Kier alpha value is -2.14. The molecule has 150 valence electrons. The second-order valence-electron chi connectivity index (χ2n) is 8.36. The molecule has 0 radical (unpaired) electrons. The molecule has 2 fully saturated rings. The van der Waals surface area contributed by atoms with Crippen LogP contribution in [0.3, 0.4) is 0 Å². The molecular formula is C23H30N2O3. The summed E-state index contributed by atoms with van der Waals surface area (Å²) in [7, 11) is 0. The average molecular weight is 383 g/mol. The number of likely N-dealkylation sites (tertiary alicyclic amines) is 1. The maximum atomic E-state index is 12.9. The van der Waals surface area contributed by atoms with Crippen LogP contribution in [0.4, 0.5) is 0 Å². The molecule has 2 saturated heterocycles. The van der Waals surface area contributed by atoms with Crippen LogP contribution in [0, 0.1) is 0 Å². The minimum Gasteiger partial charge on any atom is -0.374 e. The Kier molecular flexibility index (Phi) is 5.54. The number of carbonyl (C=O) groups is 2. The van der Waals surface area contributed by atoms with E-state index in [0.29, 0.717) is 26.1 Å². The van der Waals surface area contributed by atoms with Crippen LogP contribution < -0.4 is 0 Å². The van der Waals surface area contributed by atoms with E-state index in [-0.39, 0.29) is 23.3 Å². The second-order valence-corrected chi connectivity index (χ2v) is 8.36. The van der Waals surface area contributed by atoms with Crippen LogP contribution in [0.5, 0.6) is 0 Å². The van der Waals surface area contributed by atoms with Crippen molar-refractivity contribution in [1.29, 1.82) is 0 Å². The first kappa shape index (κ1) is 19.2. The van der Waals surface area contributed by atoms with Gasteiger partial charge in [0.05, 0.1) is 19.1 Å². The van der Waals surface area contributed by atoms with Crippen molar-refractivity contribution in [1.82, 2.24) is 9.80 Å². The zero-order valence-corrected chi connectivity index (χ0v) is 16.6. The topological polar surface area (TPSA) is 49.9 Å². The van der Waals surface area contributed by atoms with Crippen molar-refractivity contribution in [2.45, 2.75) is 50.0 Å². The van der Waals surface area contributed by atoms with E-state index in [1.54, 1.807) is 4.90 Å². The van der Waals surface area contributed by atoms with Crippen LogP contribution in [0.15, 0.2) is 36.9 Å². The van der Waals surface area contributed by atoms with Crippen LogP contribution in [-0.4, -0.2) is 60.5 Å². The number of fused-ring (bicyclic) bond motifs is 2. The van der Waals surface area contributed by atoms with Gasteiger partial charge in [-0.15, -0.1) is 0 Å². The Morgan fingerprint density at radius 2 is 1.93 bits per heavy atom. The average Bonchev–Trinajstić information content (AvgIpc) is 2.74.